The van der Waals surface area contributed by atoms with E-state index in [1.165, 1.54) is 5.69 Å². The molecule has 0 radical (unpaired) electrons. The molecule has 0 saturated carbocycles. The third-order valence-corrected chi connectivity index (χ3v) is 3.81. The minimum Gasteiger partial charge on any atom is -0.390 e. The molecular formula is C11H18N2OS. The second kappa shape index (κ2) is 4.20. The number of aromatic nitrogens is 1. The summed E-state index contributed by atoms with van der Waals surface area (Å²) in [6.45, 7) is 6.85. The fourth-order valence-corrected chi connectivity index (χ4v) is 2.51. The number of hydrogen-bond acceptors (Lipinski definition) is 4. The molecule has 4 heteroatoms. The summed E-state index contributed by atoms with van der Waals surface area (Å²) >= 11 is 1.71. The van der Waals surface area contributed by atoms with Gasteiger partial charge >= 0.3 is 0 Å². The molecular weight excluding hydrogens is 208 g/mol. The second-order valence-corrected chi connectivity index (χ2v) is 5.69. The molecule has 0 spiro atoms. The molecule has 1 saturated heterocycles. The number of hydrogen-bond donors (Lipinski definition) is 1. The third-order valence-electron chi connectivity index (χ3n) is 2.99. The fourth-order valence-electron chi connectivity index (χ4n) is 1.90. The van der Waals surface area contributed by atoms with Gasteiger partial charge in [0.05, 0.1) is 16.3 Å². The first-order chi connectivity index (χ1) is 7.05. The highest BCUT2D eigenvalue weighted by Gasteiger charge is 2.27. The molecule has 2 heterocycles. The van der Waals surface area contributed by atoms with Gasteiger partial charge < -0.3 is 5.11 Å². The highest BCUT2D eigenvalue weighted by atomic mass is 32.1. The SMILES string of the molecule is Cc1nc(CN2CCC(C)(O)CC2)cs1. The lowest BCUT2D eigenvalue weighted by Crippen LogP contribution is -2.41. The molecule has 0 bridgehead atoms. The van der Waals surface area contributed by atoms with Crippen molar-refractivity contribution in [1.29, 1.82) is 0 Å². The zero-order chi connectivity index (χ0) is 10.9. The van der Waals surface area contributed by atoms with E-state index in [4.69, 9.17) is 0 Å². The summed E-state index contributed by atoms with van der Waals surface area (Å²) in [6.07, 6.45) is 1.74. The van der Waals surface area contributed by atoms with E-state index < -0.39 is 5.60 Å². The maximum atomic E-state index is 9.82. The van der Waals surface area contributed by atoms with Crippen molar-refractivity contribution in [2.75, 3.05) is 13.1 Å². The van der Waals surface area contributed by atoms with Crippen LogP contribution < -0.4 is 0 Å². The van der Waals surface area contributed by atoms with Gasteiger partial charge in [-0.2, -0.15) is 0 Å². The standard InChI is InChI=1S/C11H18N2OS/c1-9-12-10(8-15-9)7-13-5-3-11(2,14)4-6-13/h8,14H,3-7H2,1-2H3. The molecule has 0 amide bonds. The smallest absolute Gasteiger partial charge is 0.0897 e. The fraction of sp³-hybridized carbons (Fsp3) is 0.727. The third kappa shape index (κ3) is 3.00. The number of likely N-dealkylation sites (tertiary alicyclic amines) is 1. The van der Waals surface area contributed by atoms with Crippen LogP contribution in [-0.4, -0.2) is 33.7 Å². The van der Waals surface area contributed by atoms with Crippen molar-refractivity contribution < 1.29 is 5.11 Å². The molecule has 1 fully saturated rings. The quantitative estimate of drug-likeness (QED) is 0.835. The monoisotopic (exact) mass is 226 g/mol. The highest BCUT2D eigenvalue weighted by molar-refractivity contribution is 7.09. The van der Waals surface area contributed by atoms with Crippen LogP contribution in [0.25, 0.3) is 0 Å². The predicted molar refractivity (Wildman–Crippen MR) is 62.0 cm³/mol. The molecule has 0 unspecified atom stereocenters. The van der Waals surface area contributed by atoms with Crippen LogP contribution in [0.15, 0.2) is 5.38 Å². The van der Waals surface area contributed by atoms with Gasteiger partial charge in [-0.25, -0.2) is 4.98 Å². The maximum absolute atomic E-state index is 9.82. The maximum Gasteiger partial charge on any atom is 0.0897 e. The Hall–Kier alpha value is -0.450. The molecule has 1 aliphatic rings. The highest BCUT2D eigenvalue weighted by Crippen LogP contribution is 2.22. The largest absolute Gasteiger partial charge is 0.390 e. The molecule has 1 aromatic rings. The van der Waals surface area contributed by atoms with Gasteiger partial charge in [-0.05, 0) is 26.7 Å². The van der Waals surface area contributed by atoms with E-state index in [2.05, 4.69) is 15.3 Å². The molecule has 0 aliphatic carbocycles. The molecule has 15 heavy (non-hydrogen) atoms. The molecule has 3 nitrogen and oxygen atoms in total. The number of rotatable bonds is 2. The van der Waals surface area contributed by atoms with Crippen molar-refractivity contribution in [3.8, 4) is 0 Å². The molecule has 1 N–H and O–H groups in total. The second-order valence-electron chi connectivity index (χ2n) is 4.63. The van der Waals surface area contributed by atoms with Crippen molar-refractivity contribution in [1.82, 2.24) is 9.88 Å². The van der Waals surface area contributed by atoms with Crippen molar-refractivity contribution in [3.05, 3.63) is 16.1 Å². The van der Waals surface area contributed by atoms with Crippen LogP contribution in [0.2, 0.25) is 0 Å². The van der Waals surface area contributed by atoms with Gasteiger partial charge in [0, 0.05) is 25.0 Å². The Bertz CT molecular complexity index is 325. The van der Waals surface area contributed by atoms with Gasteiger partial charge in [0.1, 0.15) is 0 Å². The summed E-state index contributed by atoms with van der Waals surface area (Å²) in [5.41, 5.74) is 0.716. The minimum atomic E-state index is -0.450. The summed E-state index contributed by atoms with van der Waals surface area (Å²) in [5, 5.41) is 13.1. The molecule has 0 atom stereocenters. The minimum absolute atomic E-state index is 0.450. The molecule has 2 rings (SSSR count). The number of aliphatic hydroxyl groups is 1. The van der Waals surface area contributed by atoms with Gasteiger partial charge in [-0.3, -0.25) is 4.90 Å². The van der Waals surface area contributed by atoms with E-state index in [1.807, 2.05) is 13.8 Å². The van der Waals surface area contributed by atoms with Crippen molar-refractivity contribution in [2.24, 2.45) is 0 Å². The van der Waals surface area contributed by atoms with Gasteiger partial charge in [0.2, 0.25) is 0 Å². The Morgan fingerprint density at radius 1 is 1.53 bits per heavy atom. The number of aryl methyl sites for hydroxylation is 1. The molecule has 1 aliphatic heterocycles. The molecule has 1 aromatic heterocycles. The van der Waals surface area contributed by atoms with E-state index in [-0.39, 0.29) is 0 Å². The summed E-state index contributed by atoms with van der Waals surface area (Å²) in [5.74, 6) is 0. The number of nitrogens with zero attached hydrogens (tertiary/aromatic N) is 2. The van der Waals surface area contributed by atoms with E-state index in [1.54, 1.807) is 11.3 Å². The Kier molecular flexibility index (Phi) is 3.09. The van der Waals surface area contributed by atoms with Gasteiger partial charge in [0.25, 0.3) is 0 Å². The summed E-state index contributed by atoms with van der Waals surface area (Å²) in [6, 6.07) is 0. The number of thiazole rings is 1. The van der Waals surface area contributed by atoms with Gasteiger partial charge in [0.15, 0.2) is 0 Å². The zero-order valence-electron chi connectivity index (χ0n) is 9.36. The Labute approximate surface area is 94.8 Å². The first kappa shape index (κ1) is 11.0. The predicted octanol–water partition coefficient (Wildman–Crippen LogP) is 1.80. The van der Waals surface area contributed by atoms with Gasteiger partial charge in [-0.15, -0.1) is 11.3 Å². The lowest BCUT2D eigenvalue weighted by Gasteiger charge is -2.35. The molecule has 0 aromatic carbocycles. The van der Waals surface area contributed by atoms with Crippen LogP contribution in [0.4, 0.5) is 0 Å². The van der Waals surface area contributed by atoms with Crippen molar-refractivity contribution in [3.63, 3.8) is 0 Å². The van der Waals surface area contributed by atoms with E-state index in [0.29, 0.717) is 0 Å². The molecule has 84 valence electrons. The lowest BCUT2D eigenvalue weighted by atomic mass is 9.94. The Morgan fingerprint density at radius 3 is 2.73 bits per heavy atom. The van der Waals surface area contributed by atoms with Crippen molar-refractivity contribution in [2.45, 2.75) is 38.8 Å². The van der Waals surface area contributed by atoms with Crippen LogP contribution in [0, 0.1) is 6.92 Å². The first-order valence-electron chi connectivity index (χ1n) is 5.41. The normalized spacial score (nSPS) is 21.8. The number of piperidine rings is 1. The average molecular weight is 226 g/mol. The van der Waals surface area contributed by atoms with Crippen LogP contribution in [0.1, 0.15) is 30.5 Å². The van der Waals surface area contributed by atoms with Crippen molar-refractivity contribution >= 4 is 11.3 Å². The Balaban J connectivity index is 1.87. The van der Waals surface area contributed by atoms with E-state index in [0.717, 1.165) is 37.5 Å². The average Bonchev–Trinajstić information content (AvgIpc) is 2.55. The van der Waals surface area contributed by atoms with E-state index >= 15 is 0 Å². The first-order valence-corrected chi connectivity index (χ1v) is 6.29. The summed E-state index contributed by atoms with van der Waals surface area (Å²) < 4.78 is 0. The summed E-state index contributed by atoms with van der Waals surface area (Å²) in [4.78, 5) is 6.82. The zero-order valence-corrected chi connectivity index (χ0v) is 10.2. The van der Waals surface area contributed by atoms with Crippen LogP contribution in [0.3, 0.4) is 0 Å². The topological polar surface area (TPSA) is 36.4 Å². The van der Waals surface area contributed by atoms with Crippen LogP contribution in [-0.2, 0) is 6.54 Å². The van der Waals surface area contributed by atoms with Crippen LogP contribution in [0.5, 0.6) is 0 Å². The van der Waals surface area contributed by atoms with E-state index in [9.17, 15) is 5.11 Å². The summed E-state index contributed by atoms with van der Waals surface area (Å²) in [7, 11) is 0. The van der Waals surface area contributed by atoms with Gasteiger partial charge in [-0.1, -0.05) is 0 Å². The van der Waals surface area contributed by atoms with Crippen LogP contribution >= 0.6 is 11.3 Å². The Morgan fingerprint density at radius 2 is 2.20 bits per heavy atom. The lowest BCUT2D eigenvalue weighted by molar-refractivity contribution is -0.00754.